The van der Waals surface area contributed by atoms with Crippen molar-refractivity contribution in [3.8, 4) is 11.5 Å². The van der Waals surface area contributed by atoms with E-state index in [2.05, 4.69) is 24.3 Å². The van der Waals surface area contributed by atoms with Crippen LogP contribution in [-0.4, -0.2) is 30.3 Å². The van der Waals surface area contributed by atoms with E-state index in [-0.39, 0.29) is 24.8 Å². The molecule has 1 aliphatic carbocycles. The van der Waals surface area contributed by atoms with Crippen molar-refractivity contribution in [1.29, 1.82) is 0 Å². The number of fused-ring (bicyclic) bond motifs is 2. The number of hydrogen-bond acceptors (Lipinski definition) is 4. The summed E-state index contributed by atoms with van der Waals surface area (Å²) in [6.45, 7) is 1.48. The third-order valence-electron chi connectivity index (χ3n) is 5.99. The minimum atomic E-state index is -0.317. The van der Waals surface area contributed by atoms with Gasteiger partial charge < -0.3 is 19.1 Å². The molecule has 5 rings (SSSR count). The number of amides is 1. The lowest BCUT2D eigenvalue weighted by Crippen LogP contribution is -2.42. The van der Waals surface area contributed by atoms with Gasteiger partial charge in [-0.2, -0.15) is 0 Å². The zero-order valence-electron chi connectivity index (χ0n) is 15.9. The number of aryl methyl sites for hydroxylation is 1. The Bertz CT molecular complexity index is 875. The topological polar surface area (TPSA) is 48.0 Å². The van der Waals surface area contributed by atoms with Gasteiger partial charge in [-0.15, -0.1) is 0 Å². The molecule has 1 saturated heterocycles. The summed E-state index contributed by atoms with van der Waals surface area (Å²) in [5.41, 5.74) is 3.69. The van der Waals surface area contributed by atoms with Crippen LogP contribution in [0.2, 0.25) is 0 Å². The standard InChI is InChI=1S/C23H25NO4/c25-23(21-9-4-12-26-21)24(14-16-10-11-20-22(13-16)28-15-27-20)19-8-3-6-17-5-1-2-7-18(17)19/h1-2,5,7,10-11,13,19,21H,3-4,6,8-9,12,14-15H2/t19-,21+/m1/s1. The Kier molecular flexibility index (Phi) is 4.69. The normalized spacial score (nSPS) is 22.7. The van der Waals surface area contributed by atoms with Crippen molar-refractivity contribution >= 4 is 5.91 Å². The van der Waals surface area contributed by atoms with Gasteiger partial charge >= 0.3 is 0 Å². The van der Waals surface area contributed by atoms with Gasteiger partial charge in [-0.05, 0) is 60.9 Å². The first-order valence-corrected chi connectivity index (χ1v) is 10.2. The number of nitrogens with zero attached hydrogens (tertiary/aromatic N) is 1. The van der Waals surface area contributed by atoms with Gasteiger partial charge in [-0.1, -0.05) is 30.3 Å². The molecule has 1 fully saturated rings. The molecule has 2 aromatic carbocycles. The molecule has 2 atom stereocenters. The fourth-order valence-corrected chi connectivity index (χ4v) is 4.59. The summed E-state index contributed by atoms with van der Waals surface area (Å²) in [4.78, 5) is 15.5. The second-order valence-corrected chi connectivity index (χ2v) is 7.76. The predicted octanol–water partition coefficient (Wildman–Crippen LogP) is 4.00. The van der Waals surface area contributed by atoms with Gasteiger partial charge in [-0.25, -0.2) is 0 Å². The van der Waals surface area contributed by atoms with Crippen LogP contribution in [0.5, 0.6) is 11.5 Å². The van der Waals surface area contributed by atoms with Gasteiger partial charge in [0, 0.05) is 13.2 Å². The quantitative estimate of drug-likeness (QED) is 0.806. The highest BCUT2D eigenvalue weighted by atomic mass is 16.7. The first kappa shape index (κ1) is 17.6. The summed E-state index contributed by atoms with van der Waals surface area (Å²) in [6.07, 6.45) is 4.61. The van der Waals surface area contributed by atoms with Gasteiger partial charge in [-0.3, -0.25) is 4.79 Å². The Hall–Kier alpha value is -2.53. The fraction of sp³-hybridized carbons (Fsp3) is 0.435. The average Bonchev–Trinajstić information content (AvgIpc) is 3.43. The Morgan fingerprint density at radius 2 is 1.93 bits per heavy atom. The molecule has 0 spiro atoms. The maximum absolute atomic E-state index is 13.4. The number of carbonyl (C=O) groups excluding carboxylic acids is 1. The van der Waals surface area contributed by atoms with Gasteiger partial charge in [0.25, 0.3) is 5.91 Å². The van der Waals surface area contributed by atoms with Crippen molar-refractivity contribution in [3.63, 3.8) is 0 Å². The highest BCUT2D eigenvalue weighted by Gasteiger charge is 2.35. The zero-order chi connectivity index (χ0) is 18.9. The summed E-state index contributed by atoms with van der Waals surface area (Å²) in [5.74, 6) is 1.63. The van der Waals surface area contributed by atoms with Gasteiger partial charge in [0.15, 0.2) is 11.5 Å². The lowest BCUT2D eigenvalue weighted by atomic mass is 9.86. The van der Waals surface area contributed by atoms with Crippen LogP contribution < -0.4 is 9.47 Å². The van der Waals surface area contributed by atoms with Crippen LogP contribution in [0.4, 0.5) is 0 Å². The first-order valence-electron chi connectivity index (χ1n) is 10.2. The molecule has 0 bridgehead atoms. The van der Waals surface area contributed by atoms with Crippen molar-refractivity contribution in [2.75, 3.05) is 13.4 Å². The molecule has 5 heteroatoms. The van der Waals surface area contributed by atoms with Crippen LogP contribution in [0, 0.1) is 0 Å². The van der Waals surface area contributed by atoms with Crippen LogP contribution in [0.15, 0.2) is 42.5 Å². The molecule has 3 aliphatic rings. The molecule has 2 aliphatic heterocycles. The first-order chi connectivity index (χ1) is 13.8. The molecule has 5 nitrogen and oxygen atoms in total. The summed E-state index contributed by atoms with van der Waals surface area (Å²) in [6, 6.07) is 14.6. The Balaban J connectivity index is 1.48. The maximum Gasteiger partial charge on any atom is 0.252 e. The minimum Gasteiger partial charge on any atom is -0.454 e. The molecule has 0 radical (unpaired) electrons. The van der Waals surface area contributed by atoms with E-state index in [1.807, 2.05) is 23.1 Å². The van der Waals surface area contributed by atoms with Crippen LogP contribution in [0.1, 0.15) is 48.4 Å². The van der Waals surface area contributed by atoms with E-state index in [4.69, 9.17) is 14.2 Å². The molecule has 0 saturated carbocycles. The van der Waals surface area contributed by atoms with Crippen molar-refractivity contribution < 1.29 is 19.0 Å². The van der Waals surface area contributed by atoms with E-state index >= 15 is 0 Å². The largest absolute Gasteiger partial charge is 0.454 e. The maximum atomic E-state index is 13.4. The smallest absolute Gasteiger partial charge is 0.252 e. The van der Waals surface area contributed by atoms with Crippen LogP contribution >= 0.6 is 0 Å². The molecule has 146 valence electrons. The fourth-order valence-electron chi connectivity index (χ4n) is 4.59. The van der Waals surface area contributed by atoms with E-state index in [1.54, 1.807) is 0 Å². The van der Waals surface area contributed by atoms with E-state index in [0.717, 1.165) is 49.2 Å². The van der Waals surface area contributed by atoms with Gasteiger partial charge in [0.2, 0.25) is 6.79 Å². The summed E-state index contributed by atoms with van der Waals surface area (Å²) in [5, 5.41) is 0. The Morgan fingerprint density at radius 3 is 2.82 bits per heavy atom. The highest BCUT2D eigenvalue weighted by Crippen LogP contribution is 2.38. The zero-order valence-corrected chi connectivity index (χ0v) is 15.9. The number of ether oxygens (including phenoxy) is 3. The lowest BCUT2D eigenvalue weighted by molar-refractivity contribution is -0.144. The van der Waals surface area contributed by atoms with E-state index in [1.165, 1.54) is 11.1 Å². The molecule has 0 N–H and O–H groups in total. The lowest BCUT2D eigenvalue weighted by Gasteiger charge is -2.37. The van der Waals surface area contributed by atoms with Crippen LogP contribution in [0.25, 0.3) is 0 Å². The molecule has 2 aromatic rings. The second kappa shape index (κ2) is 7.47. The molecular formula is C23H25NO4. The van der Waals surface area contributed by atoms with E-state index < -0.39 is 0 Å². The summed E-state index contributed by atoms with van der Waals surface area (Å²) < 4.78 is 16.7. The van der Waals surface area contributed by atoms with Crippen molar-refractivity contribution in [2.24, 2.45) is 0 Å². The average molecular weight is 379 g/mol. The summed E-state index contributed by atoms with van der Waals surface area (Å²) in [7, 11) is 0. The second-order valence-electron chi connectivity index (χ2n) is 7.76. The molecule has 0 unspecified atom stereocenters. The van der Waals surface area contributed by atoms with Crippen molar-refractivity contribution in [1.82, 2.24) is 4.90 Å². The predicted molar refractivity (Wildman–Crippen MR) is 104 cm³/mol. The third kappa shape index (κ3) is 3.24. The molecular weight excluding hydrogens is 354 g/mol. The van der Waals surface area contributed by atoms with Crippen LogP contribution in [0.3, 0.4) is 0 Å². The number of rotatable bonds is 4. The van der Waals surface area contributed by atoms with Crippen LogP contribution in [-0.2, 0) is 22.5 Å². The molecule has 28 heavy (non-hydrogen) atoms. The monoisotopic (exact) mass is 379 g/mol. The molecule has 0 aromatic heterocycles. The SMILES string of the molecule is O=C([C@@H]1CCCO1)N(Cc1ccc2c(c1)OCO2)[C@@H]1CCCc2ccccc21. The van der Waals surface area contributed by atoms with Crippen molar-refractivity contribution in [3.05, 3.63) is 59.2 Å². The number of benzene rings is 2. The van der Waals surface area contributed by atoms with Gasteiger partial charge in [0.1, 0.15) is 6.10 Å². The highest BCUT2D eigenvalue weighted by molar-refractivity contribution is 5.81. The molecule has 2 heterocycles. The third-order valence-corrected chi connectivity index (χ3v) is 5.99. The summed E-state index contributed by atoms with van der Waals surface area (Å²) >= 11 is 0. The molecule has 1 amide bonds. The Morgan fingerprint density at radius 1 is 1.04 bits per heavy atom. The van der Waals surface area contributed by atoms with E-state index in [0.29, 0.717) is 13.2 Å². The number of hydrogen-bond donors (Lipinski definition) is 0. The number of carbonyl (C=O) groups is 1. The van der Waals surface area contributed by atoms with Gasteiger partial charge in [0.05, 0.1) is 6.04 Å². The van der Waals surface area contributed by atoms with E-state index in [9.17, 15) is 4.79 Å². The van der Waals surface area contributed by atoms with Crippen molar-refractivity contribution in [2.45, 2.75) is 50.8 Å². The minimum absolute atomic E-state index is 0.0899. The Labute approximate surface area is 165 Å².